The second-order valence-electron chi connectivity index (χ2n) is 5.77. The first kappa shape index (κ1) is 17.0. The van der Waals surface area contributed by atoms with Crippen molar-refractivity contribution in [1.82, 2.24) is 5.32 Å². The number of halogens is 1. The molecule has 6 heteroatoms. The third kappa shape index (κ3) is 4.19. The SMILES string of the molecule is Cc1ccc(C=CC(=O)Nc2cccc(N3CCNC3=O)c2)cc1Cl. The standard InChI is InChI=1S/C19H18ClN3O2/c1-13-5-6-14(11-17(13)20)7-8-18(24)22-15-3-2-4-16(12-15)23-10-9-21-19(23)25/h2-8,11-12H,9-10H2,1H3,(H,21,25)(H,22,24). The number of carbonyl (C=O) groups is 2. The zero-order chi connectivity index (χ0) is 17.8. The number of aryl methyl sites for hydroxylation is 1. The van der Waals surface area contributed by atoms with Gasteiger partial charge in [-0.3, -0.25) is 9.69 Å². The maximum Gasteiger partial charge on any atom is 0.321 e. The minimum absolute atomic E-state index is 0.125. The Morgan fingerprint density at radius 3 is 2.84 bits per heavy atom. The van der Waals surface area contributed by atoms with Gasteiger partial charge in [-0.25, -0.2) is 4.79 Å². The molecular weight excluding hydrogens is 338 g/mol. The first-order valence-corrected chi connectivity index (χ1v) is 8.31. The Labute approximate surface area is 151 Å². The summed E-state index contributed by atoms with van der Waals surface area (Å²) in [6, 6.07) is 12.7. The van der Waals surface area contributed by atoms with Crippen molar-refractivity contribution < 1.29 is 9.59 Å². The summed E-state index contributed by atoms with van der Waals surface area (Å²) in [7, 11) is 0. The molecule has 3 amide bonds. The van der Waals surface area contributed by atoms with Crippen molar-refractivity contribution in [3.05, 3.63) is 64.7 Å². The molecule has 1 heterocycles. The van der Waals surface area contributed by atoms with E-state index >= 15 is 0 Å². The molecule has 128 valence electrons. The van der Waals surface area contributed by atoms with Crippen molar-refractivity contribution in [3.63, 3.8) is 0 Å². The van der Waals surface area contributed by atoms with Crippen LogP contribution >= 0.6 is 11.6 Å². The monoisotopic (exact) mass is 355 g/mol. The minimum Gasteiger partial charge on any atom is -0.336 e. The van der Waals surface area contributed by atoms with Gasteiger partial charge in [-0.2, -0.15) is 0 Å². The van der Waals surface area contributed by atoms with E-state index in [1.165, 1.54) is 6.08 Å². The fourth-order valence-electron chi connectivity index (χ4n) is 2.54. The molecule has 5 nitrogen and oxygen atoms in total. The molecule has 0 atom stereocenters. The lowest BCUT2D eigenvalue weighted by Gasteiger charge is -2.15. The van der Waals surface area contributed by atoms with Gasteiger partial charge in [0.1, 0.15) is 0 Å². The normalized spacial score (nSPS) is 14.0. The van der Waals surface area contributed by atoms with E-state index in [1.807, 2.05) is 31.2 Å². The molecule has 1 fully saturated rings. The molecule has 2 aromatic carbocycles. The van der Waals surface area contributed by atoms with E-state index in [-0.39, 0.29) is 11.9 Å². The fourth-order valence-corrected chi connectivity index (χ4v) is 2.73. The highest BCUT2D eigenvalue weighted by atomic mass is 35.5. The number of rotatable bonds is 4. The summed E-state index contributed by atoms with van der Waals surface area (Å²) < 4.78 is 0. The molecule has 0 unspecified atom stereocenters. The fraction of sp³-hybridized carbons (Fsp3) is 0.158. The van der Waals surface area contributed by atoms with Crippen LogP contribution in [0.5, 0.6) is 0 Å². The molecule has 2 N–H and O–H groups in total. The van der Waals surface area contributed by atoms with E-state index in [0.717, 1.165) is 16.8 Å². The number of urea groups is 1. The molecule has 1 aliphatic rings. The number of anilines is 2. The first-order chi connectivity index (χ1) is 12.0. The van der Waals surface area contributed by atoms with Crippen molar-refractivity contribution in [1.29, 1.82) is 0 Å². The summed E-state index contributed by atoms with van der Waals surface area (Å²) in [5.74, 6) is -0.250. The van der Waals surface area contributed by atoms with Gasteiger partial charge in [-0.15, -0.1) is 0 Å². The summed E-state index contributed by atoms with van der Waals surface area (Å²) in [5.41, 5.74) is 3.23. The summed E-state index contributed by atoms with van der Waals surface area (Å²) in [6.45, 7) is 3.16. The smallest absolute Gasteiger partial charge is 0.321 e. The number of nitrogens with zero attached hydrogens (tertiary/aromatic N) is 1. The molecular formula is C19H18ClN3O2. The summed E-state index contributed by atoms with van der Waals surface area (Å²) in [5, 5.41) is 6.22. The van der Waals surface area contributed by atoms with Crippen LogP contribution in [-0.4, -0.2) is 25.0 Å². The average molecular weight is 356 g/mol. The molecule has 1 aliphatic heterocycles. The van der Waals surface area contributed by atoms with Crippen molar-refractivity contribution in [3.8, 4) is 0 Å². The molecule has 0 aliphatic carbocycles. The van der Waals surface area contributed by atoms with Gasteiger partial charge in [0.25, 0.3) is 0 Å². The van der Waals surface area contributed by atoms with Crippen LogP contribution in [0.2, 0.25) is 5.02 Å². The number of benzene rings is 2. The van der Waals surface area contributed by atoms with E-state index in [0.29, 0.717) is 23.8 Å². The second-order valence-corrected chi connectivity index (χ2v) is 6.17. The molecule has 2 aromatic rings. The highest BCUT2D eigenvalue weighted by Crippen LogP contribution is 2.21. The predicted octanol–water partition coefficient (Wildman–Crippen LogP) is 3.83. The molecule has 25 heavy (non-hydrogen) atoms. The summed E-state index contributed by atoms with van der Waals surface area (Å²) in [4.78, 5) is 25.5. The summed E-state index contributed by atoms with van der Waals surface area (Å²) in [6.07, 6.45) is 3.16. The number of carbonyl (C=O) groups excluding carboxylic acids is 2. The van der Waals surface area contributed by atoms with Gasteiger partial charge >= 0.3 is 6.03 Å². The Kier molecular flexibility index (Phi) is 5.05. The third-order valence-electron chi connectivity index (χ3n) is 3.91. The highest BCUT2D eigenvalue weighted by molar-refractivity contribution is 6.31. The minimum atomic E-state index is -0.250. The molecule has 0 saturated carbocycles. The van der Waals surface area contributed by atoms with Crippen LogP contribution in [0.1, 0.15) is 11.1 Å². The Bertz CT molecular complexity index is 848. The zero-order valence-corrected chi connectivity index (χ0v) is 14.5. The number of nitrogens with one attached hydrogen (secondary N) is 2. The molecule has 3 rings (SSSR count). The van der Waals surface area contributed by atoms with E-state index in [1.54, 1.807) is 29.2 Å². The Morgan fingerprint density at radius 1 is 1.28 bits per heavy atom. The van der Waals surface area contributed by atoms with Crippen molar-refractivity contribution in [2.24, 2.45) is 0 Å². The molecule has 0 spiro atoms. The van der Waals surface area contributed by atoms with Gasteiger partial charge in [-0.05, 0) is 48.4 Å². The number of hydrogen-bond acceptors (Lipinski definition) is 2. The van der Waals surface area contributed by atoms with Crippen LogP contribution in [0.4, 0.5) is 16.2 Å². The van der Waals surface area contributed by atoms with E-state index in [9.17, 15) is 9.59 Å². The van der Waals surface area contributed by atoms with Crippen LogP contribution < -0.4 is 15.5 Å². The van der Waals surface area contributed by atoms with Gasteiger partial charge in [0.15, 0.2) is 0 Å². The van der Waals surface area contributed by atoms with Gasteiger partial charge in [-0.1, -0.05) is 29.8 Å². The summed E-state index contributed by atoms with van der Waals surface area (Å²) >= 11 is 6.08. The van der Waals surface area contributed by atoms with Crippen LogP contribution in [0.25, 0.3) is 6.08 Å². The molecule has 0 bridgehead atoms. The maximum absolute atomic E-state index is 12.1. The number of amides is 3. The van der Waals surface area contributed by atoms with Crippen molar-refractivity contribution in [2.45, 2.75) is 6.92 Å². The van der Waals surface area contributed by atoms with Crippen LogP contribution in [-0.2, 0) is 4.79 Å². The Hall–Kier alpha value is -2.79. The van der Waals surface area contributed by atoms with Gasteiger partial charge < -0.3 is 10.6 Å². The first-order valence-electron chi connectivity index (χ1n) is 7.93. The van der Waals surface area contributed by atoms with Gasteiger partial charge in [0, 0.05) is 35.6 Å². The van der Waals surface area contributed by atoms with E-state index in [4.69, 9.17) is 11.6 Å². The lowest BCUT2D eigenvalue weighted by molar-refractivity contribution is -0.111. The van der Waals surface area contributed by atoms with Crippen molar-refractivity contribution >= 4 is 41.0 Å². The Morgan fingerprint density at radius 2 is 2.12 bits per heavy atom. The lowest BCUT2D eigenvalue weighted by atomic mass is 10.1. The quantitative estimate of drug-likeness (QED) is 0.819. The van der Waals surface area contributed by atoms with Gasteiger partial charge in [0.2, 0.25) is 5.91 Å². The Balaban J connectivity index is 1.67. The number of hydrogen-bond donors (Lipinski definition) is 2. The predicted molar refractivity (Wildman–Crippen MR) is 101 cm³/mol. The molecule has 1 saturated heterocycles. The topological polar surface area (TPSA) is 61.4 Å². The molecule has 0 radical (unpaired) electrons. The largest absolute Gasteiger partial charge is 0.336 e. The van der Waals surface area contributed by atoms with E-state index in [2.05, 4.69) is 10.6 Å². The third-order valence-corrected chi connectivity index (χ3v) is 4.31. The maximum atomic E-state index is 12.1. The second kappa shape index (κ2) is 7.40. The van der Waals surface area contributed by atoms with Gasteiger partial charge in [0.05, 0.1) is 0 Å². The highest BCUT2D eigenvalue weighted by Gasteiger charge is 2.21. The van der Waals surface area contributed by atoms with Crippen LogP contribution in [0, 0.1) is 6.92 Å². The lowest BCUT2D eigenvalue weighted by Crippen LogP contribution is -2.27. The molecule has 0 aromatic heterocycles. The van der Waals surface area contributed by atoms with Crippen molar-refractivity contribution in [2.75, 3.05) is 23.3 Å². The average Bonchev–Trinajstić information content (AvgIpc) is 3.02. The van der Waals surface area contributed by atoms with Crippen LogP contribution in [0.15, 0.2) is 48.5 Å². The van der Waals surface area contributed by atoms with E-state index < -0.39 is 0 Å². The van der Waals surface area contributed by atoms with Crippen LogP contribution in [0.3, 0.4) is 0 Å². The zero-order valence-electron chi connectivity index (χ0n) is 13.8.